The van der Waals surface area contributed by atoms with E-state index >= 15 is 0 Å². The molecule has 0 bridgehead atoms. The molecule has 0 spiro atoms. The van der Waals surface area contributed by atoms with Crippen LogP contribution in [0.5, 0.6) is 0 Å². The summed E-state index contributed by atoms with van der Waals surface area (Å²) >= 11 is 6.12. The summed E-state index contributed by atoms with van der Waals surface area (Å²) in [6.07, 6.45) is 7.83. The van der Waals surface area contributed by atoms with Gasteiger partial charge in [-0.15, -0.1) is 0 Å². The molecule has 0 unspecified atom stereocenters. The molecule has 1 saturated heterocycles. The average Bonchev–Trinajstić information content (AvgIpc) is 3.92. The molecule has 7 rings (SSSR count). The van der Waals surface area contributed by atoms with Crippen LogP contribution in [0.15, 0.2) is 55.1 Å². The van der Waals surface area contributed by atoms with Crippen LogP contribution in [0.25, 0.3) is 5.65 Å². The van der Waals surface area contributed by atoms with Gasteiger partial charge in [-0.2, -0.15) is 0 Å². The number of carbonyl (C=O) groups is 3. The lowest BCUT2D eigenvalue weighted by Gasteiger charge is -2.24. The van der Waals surface area contributed by atoms with Gasteiger partial charge >= 0.3 is 6.09 Å². The molecule has 3 fully saturated rings. The van der Waals surface area contributed by atoms with Gasteiger partial charge in [0.05, 0.1) is 17.9 Å². The molecule has 2 N–H and O–H groups in total. The third-order valence-corrected chi connectivity index (χ3v) is 8.54. The average molecular weight is 643 g/mol. The normalized spacial score (nSPS) is 19.4. The fourth-order valence-electron chi connectivity index (χ4n) is 5.80. The minimum Gasteiger partial charge on any atom is -0.444 e. The van der Waals surface area contributed by atoms with Crippen molar-refractivity contribution in [2.75, 3.05) is 28.7 Å². The highest BCUT2D eigenvalue weighted by Crippen LogP contribution is 2.48. The first-order valence-electron chi connectivity index (χ1n) is 15.4. The predicted molar refractivity (Wildman–Crippen MR) is 173 cm³/mol. The number of hydrogen-bond donors (Lipinski definition) is 2. The van der Waals surface area contributed by atoms with E-state index in [1.807, 2.05) is 40.9 Å². The van der Waals surface area contributed by atoms with Gasteiger partial charge < -0.3 is 19.8 Å². The Labute approximate surface area is 271 Å². The van der Waals surface area contributed by atoms with Crippen LogP contribution in [0.2, 0.25) is 5.02 Å². The predicted octanol–water partition coefficient (Wildman–Crippen LogP) is 5.55. The summed E-state index contributed by atoms with van der Waals surface area (Å²) in [5.41, 5.74) is 3.55. The first-order chi connectivity index (χ1) is 22.0. The summed E-state index contributed by atoms with van der Waals surface area (Å²) in [7, 11) is 0. The molecule has 238 valence electrons. The number of nitrogens with one attached hydrogen (secondary N) is 2. The number of nitrogens with zero attached hydrogens (tertiary/aromatic N) is 6. The van der Waals surface area contributed by atoms with Crippen LogP contribution in [-0.4, -0.2) is 61.0 Å². The van der Waals surface area contributed by atoms with E-state index in [0.29, 0.717) is 40.5 Å². The summed E-state index contributed by atoms with van der Waals surface area (Å²) in [5, 5.41) is 6.84. The highest BCUT2D eigenvalue weighted by Gasteiger charge is 2.44. The van der Waals surface area contributed by atoms with E-state index in [4.69, 9.17) is 21.3 Å². The third kappa shape index (κ3) is 6.48. The van der Waals surface area contributed by atoms with Gasteiger partial charge in [-0.05, 0) is 81.2 Å². The van der Waals surface area contributed by atoms with E-state index in [0.717, 1.165) is 36.1 Å². The van der Waals surface area contributed by atoms with Gasteiger partial charge in [-0.1, -0.05) is 23.7 Å². The van der Waals surface area contributed by atoms with Gasteiger partial charge in [0.25, 0.3) is 0 Å². The number of carbonyl (C=O) groups excluding carboxylic acids is 3. The molecular weight excluding hydrogens is 608 g/mol. The van der Waals surface area contributed by atoms with Crippen LogP contribution in [0, 0.1) is 5.92 Å². The van der Waals surface area contributed by atoms with Crippen LogP contribution < -0.4 is 15.5 Å². The van der Waals surface area contributed by atoms with Crippen LogP contribution >= 0.6 is 11.6 Å². The number of rotatable bonds is 8. The fourth-order valence-corrected chi connectivity index (χ4v) is 6.00. The number of anilines is 3. The van der Waals surface area contributed by atoms with Crippen molar-refractivity contribution in [1.29, 1.82) is 0 Å². The summed E-state index contributed by atoms with van der Waals surface area (Å²) in [6.45, 7) is 5.78. The molecule has 4 aromatic rings. The zero-order valence-electron chi connectivity index (χ0n) is 25.9. The van der Waals surface area contributed by atoms with Crippen LogP contribution in [0.1, 0.15) is 68.7 Å². The fraction of sp³-hybridized carbons (Fsp3) is 0.394. The van der Waals surface area contributed by atoms with Crippen molar-refractivity contribution in [1.82, 2.24) is 24.3 Å². The highest BCUT2D eigenvalue weighted by atomic mass is 35.5. The summed E-state index contributed by atoms with van der Waals surface area (Å²) in [6, 6.07) is 11.3. The van der Waals surface area contributed by atoms with Gasteiger partial charge in [0.15, 0.2) is 5.65 Å². The number of aromatic nitrogens is 4. The molecule has 3 amide bonds. The highest BCUT2D eigenvalue weighted by molar-refractivity contribution is 6.30. The second kappa shape index (κ2) is 11.6. The van der Waals surface area contributed by atoms with E-state index in [1.54, 1.807) is 31.7 Å². The molecular formula is C33H35ClN8O4. The number of hydrogen-bond acceptors (Lipinski definition) is 8. The van der Waals surface area contributed by atoms with Crippen molar-refractivity contribution in [2.45, 2.75) is 64.0 Å². The maximum absolute atomic E-state index is 13.1. The van der Waals surface area contributed by atoms with Crippen molar-refractivity contribution in [3.63, 3.8) is 0 Å². The molecule has 2 aliphatic carbocycles. The standard InChI is InChI=1S/C33H35ClN8O4/c1-33(2,3)46-32(45)41-16-29(43)42(18-41)26-10-21(19-7-8-19)14-40-15-23(38-30(26)40)13-35-27-12-28(37-17-36-27)39-31(44)25-11-24(25)20-5-4-6-22(34)9-20/h4-6,9-10,12,14-15,17,19,24-25H,7-8,11,13,16,18H2,1-3H3,(H2,35,36,37,39,44)/t24-,25+/m1/s1. The van der Waals surface area contributed by atoms with Gasteiger partial charge in [0, 0.05) is 29.4 Å². The molecule has 3 aromatic heterocycles. The Kier molecular flexibility index (Phi) is 7.54. The number of halogens is 1. The molecule has 1 aliphatic heterocycles. The van der Waals surface area contributed by atoms with Crippen molar-refractivity contribution in [2.24, 2.45) is 5.92 Å². The van der Waals surface area contributed by atoms with Crippen LogP contribution in [0.3, 0.4) is 0 Å². The topological polar surface area (TPSA) is 134 Å². The Morgan fingerprint density at radius 3 is 2.63 bits per heavy atom. The van der Waals surface area contributed by atoms with Crippen molar-refractivity contribution < 1.29 is 19.1 Å². The lowest BCUT2D eigenvalue weighted by molar-refractivity contribution is -0.117. The lowest BCUT2D eigenvalue weighted by atomic mass is 10.1. The Morgan fingerprint density at radius 1 is 1.07 bits per heavy atom. The van der Waals surface area contributed by atoms with Gasteiger partial charge in [0.2, 0.25) is 11.8 Å². The first-order valence-corrected chi connectivity index (χ1v) is 15.8. The number of fused-ring (bicyclic) bond motifs is 1. The molecule has 46 heavy (non-hydrogen) atoms. The number of ether oxygens (including phenoxy) is 1. The lowest BCUT2D eigenvalue weighted by Crippen LogP contribution is -2.36. The quantitative estimate of drug-likeness (QED) is 0.256. The largest absolute Gasteiger partial charge is 0.444 e. The van der Waals surface area contributed by atoms with Crippen molar-refractivity contribution in [3.05, 3.63) is 77.0 Å². The second-order valence-corrected chi connectivity index (χ2v) is 13.6. The molecule has 13 heteroatoms. The number of benzene rings is 1. The molecule has 4 heterocycles. The van der Waals surface area contributed by atoms with Crippen LogP contribution in [-0.2, 0) is 20.9 Å². The first kappa shape index (κ1) is 30.0. The molecule has 0 radical (unpaired) electrons. The molecule has 12 nitrogen and oxygen atoms in total. The Bertz CT molecular complexity index is 1850. The SMILES string of the molecule is CC(C)(C)OC(=O)N1CC(=O)N(c2cc(C3CC3)cn3cc(CNc4cc(NC(=O)[C@H]5C[C@@H]5c5cccc(Cl)c5)ncn4)nc23)C1. The summed E-state index contributed by atoms with van der Waals surface area (Å²) in [5.74, 6) is 1.13. The third-order valence-electron chi connectivity index (χ3n) is 8.31. The zero-order chi connectivity index (χ0) is 32.2. The summed E-state index contributed by atoms with van der Waals surface area (Å²) < 4.78 is 7.45. The zero-order valence-corrected chi connectivity index (χ0v) is 26.6. The van der Waals surface area contributed by atoms with Crippen LogP contribution in [0.4, 0.5) is 22.1 Å². The summed E-state index contributed by atoms with van der Waals surface area (Å²) in [4.78, 5) is 55.2. The van der Waals surface area contributed by atoms with E-state index in [1.165, 1.54) is 11.2 Å². The molecule has 3 aliphatic rings. The Hall–Kier alpha value is -4.71. The van der Waals surface area contributed by atoms with Gasteiger partial charge in [-0.25, -0.2) is 19.7 Å². The Balaban J connectivity index is 1.04. The maximum Gasteiger partial charge on any atom is 0.412 e. The van der Waals surface area contributed by atoms with E-state index in [9.17, 15) is 14.4 Å². The molecule has 2 atom stereocenters. The smallest absolute Gasteiger partial charge is 0.412 e. The monoisotopic (exact) mass is 642 g/mol. The van der Waals surface area contributed by atoms with E-state index in [2.05, 4.69) is 26.8 Å². The number of imidazole rings is 1. The van der Waals surface area contributed by atoms with E-state index < -0.39 is 11.7 Å². The number of amides is 3. The van der Waals surface area contributed by atoms with Gasteiger partial charge in [0.1, 0.15) is 36.8 Å². The van der Waals surface area contributed by atoms with Crippen molar-refractivity contribution >= 4 is 52.5 Å². The minimum atomic E-state index is -0.661. The molecule has 1 aromatic carbocycles. The number of pyridine rings is 1. The van der Waals surface area contributed by atoms with Gasteiger partial charge in [-0.3, -0.25) is 19.4 Å². The molecule has 2 saturated carbocycles. The second-order valence-electron chi connectivity index (χ2n) is 13.2. The van der Waals surface area contributed by atoms with E-state index in [-0.39, 0.29) is 36.9 Å². The Morgan fingerprint density at radius 2 is 1.87 bits per heavy atom. The maximum atomic E-state index is 13.1. The minimum absolute atomic E-state index is 0.0571. The van der Waals surface area contributed by atoms with Crippen molar-refractivity contribution in [3.8, 4) is 0 Å².